The van der Waals surface area contributed by atoms with Crippen molar-refractivity contribution in [2.45, 2.75) is 44.7 Å². The Labute approximate surface area is 110 Å². The molecule has 2 bridgehead atoms. The molecule has 0 spiro atoms. The molecule has 3 rings (SSSR count). The Kier molecular flexibility index (Phi) is 2.63. The second kappa shape index (κ2) is 3.95. The van der Waals surface area contributed by atoms with Crippen LogP contribution in [0.5, 0.6) is 0 Å². The van der Waals surface area contributed by atoms with Crippen LogP contribution in [0.3, 0.4) is 0 Å². The van der Waals surface area contributed by atoms with Gasteiger partial charge in [-0.3, -0.25) is 4.90 Å². The summed E-state index contributed by atoms with van der Waals surface area (Å²) < 4.78 is 0. The van der Waals surface area contributed by atoms with Gasteiger partial charge in [0.2, 0.25) is 0 Å². The number of anilines is 1. The van der Waals surface area contributed by atoms with Crippen LogP contribution in [0.25, 0.3) is 0 Å². The maximum absolute atomic E-state index is 4.68. The molecule has 0 aliphatic carbocycles. The number of rotatable bonds is 1. The third-order valence-corrected chi connectivity index (χ3v) is 4.42. The Morgan fingerprint density at radius 3 is 2.39 bits per heavy atom. The van der Waals surface area contributed by atoms with Crippen molar-refractivity contribution in [1.82, 2.24) is 9.88 Å². The smallest absolute Gasteiger partial charge is 0.128 e. The van der Waals surface area contributed by atoms with E-state index in [-0.39, 0.29) is 5.41 Å². The second-order valence-electron chi connectivity index (χ2n) is 6.79. The van der Waals surface area contributed by atoms with E-state index in [4.69, 9.17) is 0 Å². The van der Waals surface area contributed by atoms with Gasteiger partial charge in [-0.1, -0.05) is 26.8 Å². The van der Waals surface area contributed by atoms with Gasteiger partial charge in [0.25, 0.3) is 0 Å². The van der Waals surface area contributed by atoms with Gasteiger partial charge in [0.05, 0.1) is 0 Å². The number of hydrogen-bond acceptors (Lipinski definition) is 3. The van der Waals surface area contributed by atoms with Gasteiger partial charge in [-0.25, -0.2) is 4.98 Å². The first kappa shape index (κ1) is 12.0. The van der Waals surface area contributed by atoms with Crippen molar-refractivity contribution in [3.8, 4) is 0 Å². The standard InChI is InChI=1S/C15H23N3/c1-15(2,3)11-5-6-14(16-8-11)18-10-12-7-13(18)9-17(12)4/h5-6,8,12-13H,7,9-10H2,1-4H3/t12-,13-/m1/s1. The van der Waals surface area contributed by atoms with Gasteiger partial charge in [-0.05, 0) is 30.5 Å². The average Bonchev–Trinajstić information content (AvgIpc) is 2.86. The van der Waals surface area contributed by atoms with Crippen LogP contribution in [0.4, 0.5) is 5.82 Å². The number of aromatic nitrogens is 1. The van der Waals surface area contributed by atoms with E-state index in [0.29, 0.717) is 6.04 Å². The lowest BCUT2D eigenvalue weighted by molar-refractivity contribution is 0.292. The van der Waals surface area contributed by atoms with Crippen LogP contribution in [0.1, 0.15) is 32.8 Å². The number of hydrogen-bond donors (Lipinski definition) is 0. The van der Waals surface area contributed by atoms with E-state index in [9.17, 15) is 0 Å². The summed E-state index contributed by atoms with van der Waals surface area (Å²) in [6.07, 6.45) is 3.35. The first-order valence-electron chi connectivity index (χ1n) is 6.88. The molecule has 2 fully saturated rings. The fraction of sp³-hybridized carbons (Fsp3) is 0.667. The highest BCUT2D eigenvalue weighted by Crippen LogP contribution is 2.33. The third-order valence-electron chi connectivity index (χ3n) is 4.42. The molecule has 0 N–H and O–H groups in total. The van der Waals surface area contributed by atoms with Crippen LogP contribution < -0.4 is 4.90 Å². The Balaban J connectivity index is 1.79. The van der Waals surface area contributed by atoms with Crippen molar-refractivity contribution in [2.75, 3.05) is 25.0 Å². The number of likely N-dealkylation sites (tertiary alicyclic amines) is 1. The first-order chi connectivity index (χ1) is 8.45. The monoisotopic (exact) mass is 245 g/mol. The minimum atomic E-state index is 0.190. The fourth-order valence-corrected chi connectivity index (χ4v) is 3.15. The summed E-state index contributed by atoms with van der Waals surface area (Å²) in [6.45, 7) is 9.03. The zero-order valence-electron chi connectivity index (χ0n) is 11.8. The molecule has 2 atom stereocenters. The molecule has 2 aliphatic heterocycles. The van der Waals surface area contributed by atoms with Crippen molar-refractivity contribution < 1.29 is 0 Å². The SMILES string of the molecule is CN1C[C@H]2C[C@@H]1CN2c1ccc(C(C)(C)C)cn1. The van der Waals surface area contributed by atoms with Crippen LogP contribution in [0.15, 0.2) is 18.3 Å². The molecule has 98 valence electrons. The Bertz CT molecular complexity index is 430. The van der Waals surface area contributed by atoms with Crippen molar-refractivity contribution in [3.05, 3.63) is 23.9 Å². The van der Waals surface area contributed by atoms with Crippen molar-refractivity contribution >= 4 is 5.82 Å². The average molecular weight is 245 g/mol. The van der Waals surface area contributed by atoms with Gasteiger partial charge in [0.15, 0.2) is 0 Å². The molecular formula is C15H23N3. The topological polar surface area (TPSA) is 19.4 Å². The van der Waals surface area contributed by atoms with Gasteiger partial charge in [-0.2, -0.15) is 0 Å². The van der Waals surface area contributed by atoms with E-state index in [1.807, 2.05) is 6.20 Å². The van der Waals surface area contributed by atoms with E-state index in [1.54, 1.807) is 0 Å². The zero-order chi connectivity index (χ0) is 12.9. The minimum absolute atomic E-state index is 0.190. The summed E-state index contributed by atoms with van der Waals surface area (Å²) in [5.74, 6) is 1.16. The summed E-state index contributed by atoms with van der Waals surface area (Å²) in [6, 6.07) is 5.84. The molecule has 3 nitrogen and oxygen atoms in total. The molecule has 3 heterocycles. The molecule has 0 radical (unpaired) electrons. The van der Waals surface area contributed by atoms with E-state index in [2.05, 4.69) is 54.7 Å². The second-order valence-corrected chi connectivity index (χ2v) is 6.79. The fourth-order valence-electron chi connectivity index (χ4n) is 3.15. The van der Waals surface area contributed by atoms with E-state index >= 15 is 0 Å². The normalized spacial score (nSPS) is 28.1. The molecule has 1 aromatic heterocycles. The highest BCUT2D eigenvalue weighted by Gasteiger charge is 2.41. The van der Waals surface area contributed by atoms with E-state index in [1.165, 1.54) is 18.5 Å². The van der Waals surface area contributed by atoms with Crippen LogP contribution >= 0.6 is 0 Å². The predicted molar refractivity (Wildman–Crippen MR) is 75.1 cm³/mol. The number of nitrogens with zero attached hydrogens (tertiary/aromatic N) is 3. The van der Waals surface area contributed by atoms with Crippen molar-refractivity contribution in [3.63, 3.8) is 0 Å². The van der Waals surface area contributed by atoms with Gasteiger partial charge >= 0.3 is 0 Å². The quantitative estimate of drug-likeness (QED) is 0.756. The number of pyridine rings is 1. The number of piperazine rings is 1. The van der Waals surface area contributed by atoms with Gasteiger partial charge in [0.1, 0.15) is 5.82 Å². The summed E-state index contributed by atoms with van der Waals surface area (Å²) in [5.41, 5.74) is 1.50. The van der Waals surface area contributed by atoms with E-state index in [0.717, 1.165) is 18.4 Å². The first-order valence-corrected chi connectivity index (χ1v) is 6.88. The largest absolute Gasteiger partial charge is 0.351 e. The Hall–Kier alpha value is -1.09. The highest BCUT2D eigenvalue weighted by molar-refractivity contribution is 5.44. The highest BCUT2D eigenvalue weighted by atomic mass is 15.4. The maximum atomic E-state index is 4.68. The van der Waals surface area contributed by atoms with Gasteiger partial charge in [-0.15, -0.1) is 0 Å². The van der Waals surface area contributed by atoms with E-state index < -0.39 is 0 Å². The lowest BCUT2D eigenvalue weighted by atomic mass is 9.88. The van der Waals surface area contributed by atoms with Crippen LogP contribution in [0, 0.1) is 0 Å². The lowest BCUT2D eigenvalue weighted by Crippen LogP contribution is -2.44. The molecule has 0 aromatic carbocycles. The Morgan fingerprint density at radius 2 is 1.94 bits per heavy atom. The summed E-state index contributed by atoms with van der Waals surface area (Å²) in [7, 11) is 2.23. The minimum Gasteiger partial charge on any atom is -0.351 e. The van der Waals surface area contributed by atoms with Crippen molar-refractivity contribution in [1.29, 1.82) is 0 Å². The molecule has 2 saturated heterocycles. The van der Waals surface area contributed by atoms with Gasteiger partial charge in [0, 0.05) is 31.4 Å². The van der Waals surface area contributed by atoms with Crippen LogP contribution in [-0.4, -0.2) is 42.1 Å². The molecular weight excluding hydrogens is 222 g/mol. The number of fused-ring (bicyclic) bond motifs is 2. The summed E-state index contributed by atoms with van der Waals surface area (Å²) in [4.78, 5) is 9.64. The molecule has 1 aromatic rings. The van der Waals surface area contributed by atoms with Gasteiger partial charge < -0.3 is 4.90 Å². The van der Waals surface area contributed by atoms with Crippen LogP contribution in [-0.2, 0) is 5.41 Å². The Morgan fingerprint density at radius 1 is 1.17 bits per heavy atom. The van der Waals surface area contributed by atoms with Crippen LogP contribution in [0.2, 0.25) is 0 Å². The predicted octanol–water partition coefficient (Wildman–Crippen LogP) is 2.27. The molecule has 18 heavy (non-hydrogen) atoms. The molecule has 0 unspecified atom stereocenters. The maximum Gasteiger partial charge on any atom is 0.128 e. The lowest BCUT2D eigenvalue weighted by Gasteiger charge is -2.33. The summed E-state index contributed by atoms with van der Waals surface area (Å²) >= 11 is 0. The molecule has 0 saturated carbocycles. The van der Waals surface area contributed by atoms with Crippen molar-refractivity contribution in [2.24, 2.45) is 0 Å². The third kappa shape index (κ3) is 1.91. The number of likely N-dealkylation sites (N-methyl/N-ethyl adjacent to an activating group) is 1. The molecule has 0 amide bonds. The zero-order valence-corrected chi connectivity index (χ0v) is 11.8. The summed E-state index contributed by atoms with van der Waals surface area (Å²) in [5, 5.41) is 0. The molecule has 2 aliphatic rings. The molecule has 3 heteroatoms.